The predicted octanol–water partition coefficient (Wildman–Crippen LogP) is 3.27. The number of carbonyl (C=O) groups is 3. The average Bonchev–Trinajstić information content (AvgIpc) is 2.91. The first-order valence-electron chi connectivity index (χ1n) is 9.15. The summed E-state index contributed by atoms with van der Waals surface area (Å²) in [6, 6.07) is 2.82. The molecule has 11 heteroatoms. The van der Waals surface area contributed by atoms with Gasteiger partial charge < -0.3 is 26.4 Å². The van der Waals surface area contributed by atoms with Gasteiger partial charge in [-0.05, 0) is 43.0 Å². The van der Waals surface area contributed by atoms with Crippen molar-refractivity contribution in [2.45, 2.75) is 25.4 Å². The number of esters is 1. The van der Waals surface area contributed by atoms with Crippen LogP contribution in [0.5, 0.6) is 0 Å². The number of anilines is 1. The Balaban J connectivity index is 1.87. The largest absolute Gasteiger partial charge is 0.456 e. The van der Waals surface area contributed by atoms with E-state index in [2.05, 4.69) is 5.32 Å². The second-order valence-electron chi connectivity index (χ2n) is 6.81. The molecule has 1 saturated heterocycles. The van der Waals surface area contributed by atoms with Gasteiger partial charge in [0, 0.05) is 17.5 Å². The fourth-order valence-electron chi connectivity index (χ4n) is 3.21. The maximum atomic E-state index is 13.6. The van der Waals surface area contributed by atoms with Gasteiger partial charge in [0.2, 0.25) is 0 Å². The smallest absolute Gasteiger partial charge is 0.350 e. The number of amides is 4. The summed E-state index contributed by atoms with van der Waals surface area (Å²) in [5.41, 5.74) is 10.8. The first-order chi connectivity index (χ1) is 14.2. The molecule has 1 atom stereocenters. The second kappa shape index (κ2) is 9.08. The number of thiophene rings is 1. The molecule has 30 heavy (non-hydrogen) atoms. The summed E-state index contributed by atoms with van der Waals surface area (Å²) in [5.74, 6) is -2.31. The Morgan fingerprint density at radius 3 is 2.43 bits per heavy atom. The first kappa shape index (κ1) is 21.5. The molecular formula is C19H20F2N4O4S. The molecule has 1 fully saturated rings. The summed E-state index contributed by atoms with van der Waals surface area (Å²) in [6.07, 6.45) is 1.44. The highest BCUT2D eigenvalue weighted by Gasteiger charge is 2.27. The monoisotopic (exact) mass is 438 g/mol. The van der Waals surface area contributed by atoms with E-state index in [1.54, 1.807) is 0 Å². The van der Waals surface area contributed by atoms with E-state index in [1.807, 2.05) is 0 Å². The fourth-order valence-corrected chi connectivity index (χ4v) is 4.19. The van der Waals surface area contributed by atoms with Crippen LogP contribution >= 0.6 is 11.3 Å². The van der Waals surface area contributed by atoms with E-state index in [-0.39, 0.29) is 22.7 Å². The number of rotatable bonds is 4. The quantitative estimate of drug-likeness (QED) is 0.633. The molecule has 2 aromatic rings. The number of urea groups is 2. The van der Waals surface area contributed by atoms with Crippen LogP contribution in [0.15, 0.2) is 24.3 Å². The summed E-state index contributed by atoms with van der Waals surface area (Å²) in [7, 11) is 0. The van der Waals surface area contributed by atoms with Gasteiger partial charge in [-0.1, -0.05) is 0 Å². The normalized spacial score (nSPS) is 16.6. The molecule has 4 amide bonds. The number of likely N-dealkylation sites (tertiary alicyclic amines) is 1. The van der Waals surface area contributed by atoms with Crippen molar-refractivity contribution in [2.24, 2.45) is 11.5 Å². The van der Waals surface area contributed by atoms with Gasteiger partial charge in [-0.2, -0.15) is 0 Å². The van der Waals surface area contributed by atoms with Crippen LogP contribution in [-0.4, -0.2) is 42.1 Å². The van der Waals surface area contributed by atoms with Crippen molar-refractivity contribution in [1.82, 2.24) is 4.90 Å². The third-order valence-corrected chi connectivity index (χ3v) is 5.70. The third-order valence-electron chi connectivity index (χ3n) is 4.54. The number of nitrogens with two attached hydrogens (primary N) is 2. The van der Waals surface area contributed by atoms with Crippen LogP contribution in [0, 0.1) is 11.6 Å². The molecule has 1 aromatic heterocycles. The Labute approximate surface area is 174 Å². The maximum absolute atomic E-state index is 13.6. The Morgan fingerprint density at radius 1 is 1.10 bits per heavy atom. The van der Waals surface area contributed by atoms with Gasteiger partial charge in [0.05, 0.1) is 12.2 Å². The molecular weight excluding hydrogens is 418 g/mol. The highest BCUT2D eigenvalue weighted by atomic mass is 32.1. The first-order valence-corrected chi connectivity index (χ1v) is 9.96. The molecule has 8 nitrogen and oxygen atoms in total. The molecule has 1 unspecified atom stereocenters. The standard InChI is InChI=1S/C19H20F2N4O4S/c20-11-5-10(6-12(21)7-11)15-8-14(24-18(22)27)16(30-15)17(26)29-13-3-1-2-4-25(9-13)19(23)28/h5-8,13H,1-4,9H2,(H2,23,28)(H3,22,24,27). The van der Waals surface area contributed by atoms with Crippen LogP contribution in [0.4, 0.5) is 24.1 Å². The average molecular weight is 438 g/mol. The zero-order valence-corrected chi connectivity index (χ0v) is 16.6. The van der Waals surface area contributed by atoms with Crippen molar-refractivity contribution in [3.8, 4) is 10.4 Å². The number of carbonyl (C=O) groups excluding carboxylic acids is 3. The number of nitrogens with zero attached hydrogens (tertiary/aromatic N) is 1. The van der Waals surface area contributed by atoms with Crippen LogP contribution in [0.1, 0.15) is 28.9 Å². The van der Waals surface area contributed by atoms with Crippen molar-refractivity contribution in [2.75, 3.05) is 18.4 Å². The Morgan fingerprint density at radius 2 is 1.80 bits per heavy atom. The van der Waals surface area contributed by atoms with E-state index >= 15 is 0 Å². The van der Waals surface area contributed by atoms with Crippen molar-refractivity contribution in [3.63, 3.8) is 0 Å². The molecule has 160 valence electrons. The molecule has 0 aliphatic carbocycles. The van der Waals surface area contributed by atoms with Crippen LogP contribution < -0.4 is 16.8 Å². The third kappa shape index (κ3) is 5.23. The van der Waals surface area contributed by atoms with Gasteiger partial charge in [0.15, 0.2) is 0 Å². The SMILES string of the molecule is NC(=O)Nc1cc(-c2cc(F)cc(F)c2)sc1C(=O)OC1CCCCN(C(N)=O)C1. The topological polar surface area (TPSA) is 128 Å². The van der Waals surface area contributed by atoms with Crippen LogP contribution in [-0.2, 0) is 4.74 Å². The number of benzene rings is 1. The maximum Gasteiger partial charge on any atom is 0.350 e. The van der Waals surface area contributed by atoms with Gasteiger partial charge in [0.1, 0.15) is 22.6 Å². The van der Waals surface area contributed by atoms with Gasteiger partial charge in [-0.3, -0.25) is 0 Å². The molecule has 1 aliphatic rings. The van der Waals surface area contributed by atoms with Gasteiger partial charge in [-0.15, -0.1) is 11.3 Å². The lowest BCUT2D eigenvalue weighted by molar-refractivity contribution is 0.0247. The lowest BCUT2D eigenvalue weighted by atomic mass is 10.1. The number of halogens is 2. The summed E-state index contributed by atoms with van der Waals surface area (Å²) >= 11 is 0.898. The number of nitrogens with one attached hydrogen (secondary N) is 1. The van der Waals surface area contributed by atoms with E-state index in [0.29, 0.717) is 17.8 Å². The molecule has 1 aromatic carbocycles. The lowest BCUT2D eigenvalue weighted by Gasteiger charge is -2.22. The van der Waals surface area contributed by atoms with E-state index in [4.69, 9.17) is 16.2 Å². The summed E-state index contributed by atoms with van der Waals surface area (Å²) in [5, 5.41) is 2.33. The van der Waals surface area contributed by atoms with Crippen molar-refractivity contribution in [3.05, 3.63) is 40.8 Å². The molecule has 5 N–H and O–H groups in total. The molecule has 0 saturated carbocycles. The predicted molar refractivity (Wildman–Crippen MR) is 107 cm³/mol. The highest BCUT2D eigenvalue weighted by molar-refractivity contribution is 7.18. The van der Waals surface area contributed by atoms with Gasteiger partial charge in [-0.25, -0.2) is 23.2 Å². The van der Waals surface area contributed by atoms with Crippen molar-refractivity contribution >= 4 is 35.1 Å². The molecule has 3 rings (SSSR count). The van der Waals surface area contributed by atoms with E-state index in [1.165, 1.54) is 11.0 Å². The number of primary amides is 2. The van der Waals surface area contributed by atoms with Crippen molar-refractivity contribution < 1.29 is 27.9 Å². The Bertz CT molecular complexity index is 961. The molecule has 0 radical (unpaired) electrons. The fraction of sp³-hybridized carbons (Fsp3) is 0.316. The van der Waals surface area contributed by atoms with Crippen molar-refractivity contribution in [1.29, 1.82) is 0 Å². The molecule has 2 heterocycles. The molecule has 0 bridgehead atoms. The van der Waals surface area contributed by atoms with E-state index in [9.17, 15) is 23.2 Å². The van der Waals surface area contributed by atoms with Crippen LogP contribution in [0.2, 0.25) is 0 Å². The minimum atomic E-state index is -0.909. The lowest BCUT2D eigenvalue weighted by Crippen LogP contribution is -2.41. The van der Waals surface area contributed by atoms with E-state index < -0.39 is 35.8 Å². The minimum absolute atomic E-state index is 0.0170. The number of ether oxygens (including phenoxy) is 1. The number of hydrogen-bond acceptors (Lipinski definition) is 5. The van der Waals surface area contributed by atoms with Gasteiger partial charge in [0.25, 0.3) is 0 Å². The summed E-state index contributed by atoms with van der Waals surface area (Å²) in [6.45, 7) is 0.638. The number of hydrogen-bond donors (Lipinski definition) is 3. The minimum Gasteiger partial charge on any atom is -0.456 e. The van der Waals surface area contributed by atoms with Gasteiger partial charge >= 0.3 is 18.0 Å². The molecule has 0 spiro atoms. The van der Waals surface area contributed by atoms with Crippen LogP contribution in [0.3, 0.4) is 0 Å². The van der Waals surface area contributed by atoms with E-state index in [0.717, 1.165) is 42.4 Å². The second-order valence-corrected chi connectivity index (χ2v) is 7.86. The highest BCUT2D eigenvalue weighted by Crippen LogP contribution is 2.36. The van der Waals surface area contributed by atoms with Crippen LogP contribution in [0.25, 0.3) is 10.4 Å². The Kier molecular flexibility index (Phi) is 6.50. The zero-order chi connectivity index (χ0) is 21.8. The summed E-state index contributed by atoms with van der Waals surface area (Å²) < 4.78 is 32.7. The summed E-state index contributed by atoms with van der Waals surface area (Å²) in [4.78, 5) is 37.4. The molecule has 1 aliphatic heterocycles. The Hall–Kier alpha value is -3.21. The zero-order valence-electron chi connectivity index (χ0n) is 15.8.